The van der Waals surface area contributed by atoms with E-state index in [1.807, 2.05) is 36.4 Å². The van der Waals surface area contributed by atoms with Crippen LogP contribution in [0.25, 0.3) is 0 Å². The molecule has 3 N–H and O–H groups in total. The lowest BCUT2D eigenvalue weighted by Gasteiger charge is -2.13. The molecule has 3 rings (SSSR count). The van der Waals surface area contributed by atoms with E-state index in [0.717, 1.165) is 12.2 Å². The molecule has 1 aliphatic rings. The van der Waals surface area contributed by atoms with Gasteiger partial charge < -0.3 is 11.1 Å². The Labute approximate surface area is 142 Å². The first-order valence-electron chi connectivity index (χ1n) is 6.96. The van der Waals surface area contributed by atoms with Gasteiger partial charge in [0.2, 0.25) is 0 Å². The monoisotopic (exact) mass is 393 g/mol. The van der Waals surface area contributed by atoms with Crippen molar-refractivity contribution in [1.82, 2.24) is 0 Å². The summed E-state index contributed by atoms with van der Waals surface area (Å²) in [6.07, 6.45) is 2.39. The molecule has 3 nitrogen and oxygen atoms in total. The Balaban J connectivity index is 0.00000161. The van der Waals surface area contributed by atoms with Gasteiger partial charge in [0.15, 0.2) is 5.96 Å². The number of halogens is 1. The van der Waals surface area contributed by atoms with Gasteiger partial charge in [0, 0.05) is 11.1 Å². The summed E-state index contributed by atoms with van der Waals surface area (Å²) < 4.78 is 0. The molecule has 0 aromatic heterocycles. The number of nitrogens with two attached hydrogens (primary N) is 1. The third kappa shape index (κ3) is 3.97. The molecule has 0 saturated heterocycles. The van der Waals surface area contributed by atoms with Crippen LogP contribution in [0.15, 0.2) is 65.7 Å². The molecule has 0 atom stereocenters. The van der Waals surface area contributed by atoms with E-state index in [0.29, 0.717) is 5.96 Å². The van der Waals surface area contributed by atoms with Crippen LogP contribution < -0.4 is 11.1 Å². The van der Waals surface area contributed by atoms with Gasteiger partial charge in [-0.3, -0.25) is 4.99 Å². The Morgan fingerprint density at radius 3 is 2.14 bits per heavy atom. The van der Waals surface area contributed by atoms with E-state index >= 15 is 0 Å². The number of rotatable bonds is 4. The number of hydrogen-bond donors (Lipinski definition) is 2. The van der Waals surface area contributed by atoms with E-state index in [9.17, 15) is 0 Å². The van der Waals surface area contributed by atoms with E-state index < -0.39 is 0 Å². The maximum atomic E-state index is 5.96. The summed E-state index contributed by atoms with van der Waals surface area (Å²) in [5.74, 6) is 0.485. The SMILES string of the molecule is I.NC(=NCC1(c2ccccc2)CC1)Nc1ccccc1. The molecule has 1 aliphatic carbocycles. The minimum atomic E-state index is 0. The number of guanidine groups is 1. The third-order valence-electron chi connectivity index (χ3n) is 3.84. The standard InChI is InChI=1S/C17H19N3.HI/c18-16(20-15-9-5-2-6-10-15)19-13-17(11-12-17)14-7-3-1-4-8-14;/h1-10H,11-13H2,(H3,18,19,20);1H. The third-order valence-corrected chi connectivity index (χ3v) is 3.84. The fourth-order valence-electron chi connectivity index (χ4n) is 2.43. The Bertz CT molecular complexity index is 592. The van der Waals surface area contributed by atoms with Crippen molar-refractivity contribution in [3.8, 4) is 0 Å². The highest BCUT2D eigenvalue weighted by atomic mass is 127. The second-order valence-corrected chi connectivity index (χ2v) is 5.34. The Morgan fingerprint density at radius 2 is 1.57 bits per heavy atom. The molecule has 110 valence electrons. The lowest BCUT2D eigenvalue weighted by molar-refractivity contribution is 0.705. The number of benzene rings is 2. The molecule has 2 aromatic rings. The lowest BCUT2D eigenvalue weighted by atomic mass is 9.96. The van der Waals surface area contributed by atoms with Crippen LogP contribution in [0, 0.1) is 0 Å². The maximum absolute atomic E-state index is 5.96. The van der Waals surface area contributed by atoms with E-state index in [1.54, 1.807) is 0 Å². The second-order valence-electron chi connectivity index (χ2n) is 5.34. The molecule has 1 saturated carbocycles. The van der Waals surface area contributed by atoms with Crippen LogP contribution in [0.3, 0.4) is 0 Å². The lowest BCUT2D eigenvalue weighted by Crippen LogP contribution is -2.24. The van der Waals surface area contributed by atoms with Crippen LogP contribution in [0.5, 0.6) is 0 Å². The molecular weight excluding hydrogens is 373 g/mol. The minimum Gasteiger partial charge on any atom is -0.370 e. The average Bonchev–Trinajstić information content (AvgIpc) is 3.28. The minimum absolute atomic E-state index is 0. The fraction of sp³-hybridized carbons (Fsp3) is 0.235. The maximum Gasteiger partial charge on any atom is 0.193 e. The van der Waals surface area contributed by atoms with Gasteiger partial charge in [-0.2, -0.15) is 0 Å². The number of nitrogens with zero attached hydrogens (tertiary/aromatic N) is 1. The molecule has 0 heterocycles. The largest absolute Gasteiger partial charge is 0.370 e. The number of anilines is 1. The molecule has 0 amide bonds. The van der Waals surface area contributed by atoms with Crippen molar-refractivity contribution in [3.05, 3.63) is 66.2 Å². The zero-order chi connectivity index (χ0) is 13.8. The van der Waals surface area contributed by atoms with Crippen molar-refractivity contribution < 1.29 is 0 Å². The van der Waals surface area contributed by atoms with E-state index in [1.165, 1.54) is 18.4 Å². The summed E-state index contributed by atoms with van der Waals surface area (Å²) in [7, 11) is 0. The molecule has 21 heavy (non-hydrogen) atoms. The highest BCUT2D eigenvalue weighted by Gasteiger charge is 2.43. The predicted molar refractivity (Wildman–Crippen MR) is 99.3 cm³/mol. The van der Waals surface area contributed by atoms with E-state index in [4.69, 9.17) is 5.73 Å². The van der Waals surface area contributed by atoms with Crippen LogP contribution in [0.1, 0.15) is 18.4 Å². The zero-order valence-electron chi connectivity index (χ0n) is 11.8. The smallest absolute Gasteiger partial charge is 0.193 e. The van der Waals surface area contributed by atoms with Gasteiger partial charge in [0.25, 0.3) is 0 Å². The van der Waals surface area contributed by atoms with Crippen LogP contribution in [0.2, 0.25) is 0 Å². The summed E-state index contributed by atoms with van der Waals surface area (Å²) in [5.41, 5.74) is 8.51. The van der Waals surface area contributed by atoms with Crippen molar-refractivity contribution in [2.45, 2.75) is 18.3 Å². The molecule has 1 fully saturated rings. The molecule has 2 aromatic carbocycles. The Kier molecular flexibility index (Phi) is 5.22. The molecule has 0 bridgehead atoms. The summed E-state index contributed by atoms with van der Waals surface area (Å²) in [4.78, 5) is 4.51. The van der Waals surface area contributed by atoms with Gasteiger partial charge >= 0.3 is 0 Å². The quantitative estimate of drug-likeness (QED) is 0.472. The van der Waals surface area contributed by atoms with Gasteiger partial charge in [-0.05, 0) is 30.5 Å². The second kappa shape index (κ2) is 6.93. The Hall–Kier alpha value is -1.56. The van der Waals surface area contributed by atoms with Gasteiger partial charge in [-0.1, -0.05) is 48.5 Å². The summed E-state index contributed by atoms with van der Waals surface area (Å²) in [6, 6.07) is 20.5. The zero-order valence-corrected chi connectivity index (χ0v) is 14.2. The van der Waals surface area contributed by atoms with Crippen LogP contribution in [0.4, 0.5) is 5.69 Å². The van der Waals surface area contributed by atoms with Crippen molar-refractivity contribution in [1.29, 1.82) is 0 Å². The molecule has 0 spiro atoms. The first kappa shape index (κ1) is 15.8. The topological polar surface area (TPSA) is 50.4 Å². The molecule has 4 heteroatoms. The molecular formula is C17H20IN3. The number of hydrogen-bond acceptors (Lipinski definition) is 1. The van der Waals surface area contributed by atoms with Gasteiger partial charge in [0.1, 0.15) is 0 Å². The molecule has 0 aliphatic heterocycles. The van der Waals surface area contributed by atoms with Gasteiger partial charge in [0.05, 0.1) is 6.54 Å². The molecule has 0 radical (unpaired) electrons. The molecule has 0 unspecified atom stereocenters. The van der Waals surface area contributed by atoms with Crippen molar-refractivity contribution >= 4 is 35.6 Å². The van der Waals surface area contributed by atoms with E-state index in [2.05, 4.69) is 34.6 Å². The number of aliphatic imine (C=N–C) groups is 1. The first-order chi connectivity index (χ1) is 9.78. The van der Waals surface area contributed by atoms with E-state index in [-0.39, 0.29) is 29.4 Å². The number of para-hydroxylation sites is 1. The average molecular weight is 393 g/mol. The summed E-state index contributed by atoms with van der Waals surface area (Å²) in [5, 5.41) is 3.12. The summed E-state index contributed by atoms with van der Waals surface area (Å²) in [6.45, 7) is 0.753. The first-order valence-corrected chi connectivity index (χ1v) is 6.96. The van der Waals surface area contributed by atoms with Gasteiger partial charge in [-0.25, -0.2) is 0 Å². The normalized spacial score (nSPS) is 15.9. The van der Waals surface area contributed by atoms with Crippen molar-refractivity contribution in [3.63, 3.8) is 0 Å². The van der Waals surface area contributed by atoms with Crippen molar-refractivity contribution in [2.24, 2.45) is 10.7 Å². The fourth-order valence-corrected chi connectivity index (χ4v) is 2.43. The van der Waals surface area contributed by atoms with Gasteiger partial charge in [-0.15, -0.1) is 24.0 Å². The van der Waals surface area contributed by atoms with Crippen LogP contribution in [-0.4, -0.2) is 12.5 Å². The predicted octanol–water partition coefficient (Wildman–Crippen LogP) is 3.76. The highest BCUT2D eigenvalue weighted by Crippen LogP contribution is 2.48. The number of nitrogens with one attached hydrogen (secondary N) is 1. The van der Waals surface area contributed by atoms with Crippen LogP contribution in [-0.2, 0) is 5.41 Å². The Morgan fingerprint density at radius 1 is 1.00 bits per heavy atom. The highest BCUT2D eigenvalue weighted by molar-refractivity contribution is 14.0. The van der Waals surface area contributed by atoms with Crippen molar-refractivity contribution in [2.75, 3.05) is 11.9 Å². The van der Waals surface area contributed by atoms with Crippen LogP contribution >= 0.6 is 24.0 Å². The summed E-state index contributed by atoms with van der Waals surface area (Å²) >= 11 is 0.